The fourth-order valence-electron chi connectivity index (χ4n) is 3.12. The average Bonchev–Trinajstić information content (AvgIpc) is 3.05. The molecule has 0 bridgehead atoms. The molecular formula is C17H23Cl2N5O. The Morgan fingerprint density at radius 3 is 2.68 bits per heavy atom. The third kappa shape index (κ3) is 4.14. The molecule has 25 heavy (non-hydrogen) atoms. The lowest BCUT2D eigenvalue weighted by Gasteiger charge is -2.31. The zero-order valence-corrected chi connectivity index (χ0v) is 16.0. The maximum atomic E-state index is 12.8. The van der Waals surface area contributed by atoms with E-state index in [0.717, 1.165) is 37.3 Å². The van der Waals surface area contributed by atoms with Crippen molar-refractivity contribution in [3.8, 4) is 5.69 Å². The van der Waals surface area contributed by atoms with Gasteiger partial charge in [0.1, 0.15) is 0 Å². The number of carbonyl (C=O) groups is 1. The van der Waals surface area contributed by atoms with Crippen LogP contribution in [0.25, 0.3) is 5.69 Å². The number of benzene rings is 1. The molecule has 1 N–H and O–H groups in total. The summed E-state index contributed by atoms with van der Waals surface area (Å²) in [6.45, 7) is 3.50. The Balaban J connectivity index is 0.00000225. The van der Waals surface area contributed by atoms with E-state index in [0.29, 0.717) is 23.2 Å². The third-order valence-corrected chi connectivity index (χ3v) is 4.78. The molecule has 1 fully saturated rings. The molecular weight excluding hydrogens is 361 g/mol. The number of hydrogen-bond acceptors (Lipinski definition) is 4. The molecule has 1 aliphatic rings. The van der Waals surface area contributed by atoms with Gasteiger partial charge in [0, 0.05) is 24.2 Å². The maximum Gasteiger partial charge on any atom is 0.276 e. The van der Waals surface area contributed by atoms with E-state index in [1.54, 1.807) is 4.68 Å². The summed E-state index contributed by atoms with van der Waals surface area (Å²) < 4.78 is 1.71. The molecule has 2 heterocycles. The predicted octanol–water partition coefficient (Wildman–Crippen LogP) is 2.73. The molecule has 0 unspecified atom stereocenters. The van der Waals surface area contributed by atoms with E-state index in [-0.39, 0.29) is 18.3 Å². The van der Waals surface area contributed by atoms with Crippen molar-refractivity contribution in [3.05, 3.63) is 40.7 Å². The molecule has 3 rings (SSSR count). The average molecular weight is 384 g/mol. The van der Waals surface area contributed by atoms with Crippen molar-refractivity contribution in [3.63, 3.8) is 0 Å². The maximum absolute atomic E-state index is 12.8. The van der Waals surface area contributed by atoms with Crippen molar-refractivity contribution < 1.29 is 4.79 Å². The normalized spacial score (nSPS) is 15.1. The molecule has 1 amide bonds. The quantitative estimate of drug-likeness (QED) is 0.881. The highest BCUT2D eigenvalue weighted by Crippen LogP contribution is 2.20. The lowest BCUT2D eigenvalue weighted by atomic mass is 10.0. The number of rotatable bonds is 4. The number of likely N-dealkylation sites (tertiary alicyclic amines) is 1. The Hall–Kier alpha value is -1.63. The van der Waals surface area contributed by atoms with E-state index in [9.17, 15) is 4.79 Å². The van der Waals surface area contributed by atoms with Crippen LogP contribution >= 0.6 is 24.0 Å². The van der Waals surface area contributed by atoms with Crippen LogP contribution in [-0.4, -0.2) is 52.0 Å². The molecule has 0 aliphatic carbocycles. The molecule has 1 aromatic heterocycles. The van der Waals surface area contributed by atoms with E-state index in [4.69, 9.17) is 11.6 Å². The molecule has 0 atom stereocenters. The van der Waals surface area contributed by atoms with E-state index < -0.39 is 0 Å². The van der Waals surface area contributed by atoms with Crippen LogP contribution in [0.4, 0.5) is 0 Å². The number of carbonyl (C=O) groups excluding carboxylic acids is 1. The van der Waals surface area contributed by atoms with Gasteiger partial charge in [-0.2, -0.15) is 0 Å². The SMILES string of the molecule is CCc1c(C(=O)N2CCC(NC)CC2)nnn1-c1cccc(Cl)c1.Cl. The second-order valence-electron chi connectivity index (χ2n) is 5.99. The van der Waals surface area contributed by atoms with E-state index in [1.165, 1.54) is 0 Å². The van der Waals surface area contributed by atoms with Crippen LogP contribution in [0.3, 0.4) is 0 Å². The number of nitrogens with zero attached hydrogens (tertiary/aromatic N) is 4. The first-order valence-electron chi connectivity index (χ1n) is 8.31. The van der Waals surface area contributed by atoms with Crippen LogP contribution in [0, 0.1) is 0 Å². The minimum Gasteiger partial charge on any atom is -0.337 e. The fourth-order valence-corrected chi connectivity index (χ4v) is 3.31. The van der Waals surface area contributed by atoms with Crippen molar-refractivity contribution in [2.24, 2.45) is 0 Å². The van der Waals surface area contributed by atoms with Gasteiger partial charge in [0.25, 0.3) is 5.91 Å². The Kier molecular flexibility index (Phi) is 6.81. The molecule has 8 heteroatoms. The first-order valence-corrected chi connectivity index (χ1v) is 8.69. The van der Waals surface area contributed by atoms with E-state index in [1.807, 2.05) is 43.1 Å². The third-order valence-electron chi connectivity index (χ3n) is 4.54. The zero-order chi connectivity index (χ0) is 17.1. The molecule has 0 saturated carbocycles. The van der Waals surface area contributed by atoms with Crippen molar-refractivity contribution in [2.75, 3.05) is 20.1 Å². The summed E-state index contributed by atoms with van der Waals surface area (Å²) in [5.74, 6) is -0.0327. The smallest absolute Gasteiger partial charge is 0.276 e. The van der Waals surface area contributed by atoms with Gasteiger partial charge >= 0.3 is 0 Å². The van der Waals surface area contributed by atoms with Gasteiger partial charge in [-0.1, -0.05) is 29.8 Å². The van der Waals surface area contributed by atoms with Gasteiger partial charge in [-0.3, -0.25) is 4.79 Å². The Morgan fingerprint density at radius 1 is 1.36 bits per heavy atom. The molecule has 1 aliphatic heterocycles. The van der Waals surface area contributed by atoms with Gasteiger partial charge in [0.15, 0.2) is 5.69 Å². The second kappa shape index (κ2) is 8.65. The summed E-state index contributed by atoms with van der Waals surface area (Å²) in [6.07, 6.45) is 2.60. The van der Waals surface area contributed by atoms with Crippen LogP contribution < -0.4 is 5.32 Å². The number of piperidine rings is 1. The Morgan fingerprint density at radius 2 is 2.08 bits per heavy atom. The van der Waals surface area contributed by atoms with Gasteiger partial charge in [-0.05, 0) is 44.5 Å². The molecule has 136 valence electrons. The molecule has 2 aromatic rings. The van der Waals surface area contributed by atoms with Crippen LogP contribution in [-0.2, 0) is 6.42 Å². The first-order chi connectivity index (χ1) is 11.6. The number of halogens is 2. The number of hydrogen-bond donors (Lipinski definition) is 1. The summed E-state index contributed by atoms with van der Waals surface area (Å²) >= 11 is 6.07. The number of nitrogens with one attached hydrogen (secondary N) is 1. The van der Waals surface area contributed by atoms with Gasteiger partial charge in [-0.15, -0.1) is 17.5 Å². The zero-order valence-electron chi connectivity index (χ0n) is 14.4. The van der Waals surface area contributed by atoms with Gasteiger partial charge in [-0.25, -0.2) is 4.68 Å². The molecule has 0 spiro atoms. The van der Waals surface area contributed by atoms with Gasteiger partial charge in [0.2, 0.25) is 0 Å². The highest BCUT2D eigenvalue weighted by molar-refractivity contribution is 6.30. The summed E-state index contributed by atoms with van der Waals surface area (Å²) in [7, 11) is 1.97. The van der Waals surface area contributed by atoms with E-state index >= 15 is 0 Å². The molecule has 6 nitrogen and oxygen atoms in total. The van der Waals surface area contributed by atoms with Crippen molar-refractivity contribution in [1.29, 1.82) is 0 Å². The lowest BCUT2D eigenvalue weighted by molar-refractivity contribution is 0.0700. The van der Waals surface area contributed by atoms with Crippen molar-refractivity contribution in [1.82, 2.24) is 25.2 Å². The Labute approximate surface area is 158 Å². The van der Waals surface area contributed by atoms with Crippen LogP contribution in [0.5, 0.6) is 0 Å². The van der Waals surface area contributed by atoms with E-state index in [2.05, 4.69) is 15.6 Å². The highest BCUT2D eigenvalue weighted by atomic mass is 35.5. The predicted molar refractivity (Wildman–Crippen MR) is 101 cm³/mol. The van der Waals surface area contributed by atoms with Gasteiger partial charge < -0.3 is 10.2 Å². The molecule has 1 saturated heterocycles. The highest BCUT2D eigenvalue weighted by Gasteiger charge is 2.27. The summed E-state index contributed by atoms with van der Waals surface area (Å²) in [5, 5.41) is 12.3. The Bertz CT molecular complexity index is 726. The largest absolute Gasteiger partial charge is 0.337 e. The minimum atomic E-state index is -0.0327. The first kappa shape index (κ1) is 19.7. The summed E-state index contributed by atoms with van der Waals surface area (Å²) in [6, 6.07) is 7.89. The van der Waals surface area contributed by atoms with Crippen LogP contribution in [0.1, 0.15) is 35.9 Å². The molecule has 1 aromatic carbocycles. The topological polar surface area (TPSA) is 63.1 Å². The minimum absolute atomic E-state index is 0. The number of aromatic nitrogens is 3. The lowest BCUT2D eigenvalue weighted by Crippen LogP contribution is -2.44. The van der Waals surface area contributed by atoms with Gasteiger partial charge in [0.05, 0.1) is 11.4 Å². The summed E-state index contributed by atoms with van der Waals surface area (Å²) in [4.78, 5) is 14.7. The number of amides is 1. The fraction of sp³-hybridized carbons (Fsp3) is 0.471. The van der Waals surface area contributed by atoms with Crippen LogP contribution in [0.2, 0.25) is 5.02 Å². The van der Waals surface area contributed by atoms with Crippen LogP contribution in [0.15, 0.2) is 24.3 Å². The van der Waals surface area contributed by atoms with Crippen molar-refractivity contribution >= 4 is 29.9 Å². The molecule has 0 radical (unpaired) electrons. The second-order valence-corrected chi connectivity index (χ2v) is 6.42. The summed E-state index contributed by atoms with van der Waals surface area (Å²) in [5.41, 5.74) is 2.08. The monoisotopic (exact) mass is 383 g/mol. The van der Waals surface area contributed by atoms with Crippen molar-refractivity contribution in [2.45, 2.75) is 32.2 Å². The standard InChI is InChI=1S/C17H22ClN5O.ClH/c1-3-15-16(17(24)22-9-7-13(19-2)8-10-22)20-21-23(15)14-6-4-5-12(18)11-14;/h4-6,11,13,19H,3,7-10H2,1-2H3;1H.